The van der Waals surface area contributed by atoms with Crippen molar-refractivity contribution in [2.24, 2.45) is 0 Å². The molecule has 0 saturated carbocycles. The lowest BCUT2D eigenvalue weighted by atomic mass is 9.96. The van der Waals surface area contributed by atoms with E-state index in [4.69, 9.17) is 15.7 Å². The SMILES string of the molecule is N#Cc1cnn(C2CCCOc3ccc(-c4ccccc4)cc32)c1N. The van der Waals surface area contributed by atoms with E-state index in [2.05, 4.69) is 35.4 Å². The van der Waals surface area contributed by atoms with Crippen LogP contribution in [0.25, 0.3) is 11.1 Å². The summed E-state index contributed by atoms with van der Waals surface area (Å²) >= 11 is 0. The largest absolute Gasteiger partial charge is 0.493 e. The lowest BCUT2D eigenvalue weighted by Gasteiger charge is -2.19. The molecule has 0 aliphatic carbocycles. The zero-order valence-electron chi connectivity index (χ0n) is 13.7. The molecule has 0 saturated heterocycles. The van der Waals surface area contributed by atoms with Gasteiger partial charge in [-0.05, 0) is 36.1 Å². The van der Waals surface area contributed by atoms with E-state index in [1.807, 2.05) is 24.3 Å². The fraction of sp³-hybridized carbons (Fsp3) is 0.200. The van der Waals surface area contributed by atoms with Crippen LogP contribution < -0.4 is 10.5 Å². The molecule has 3 aromatic rings. The van der Waals surface area contributed by atoms with Gasteiger partial charge in [0, 0.05) is 5.56 Å². The Labute approximate surface area is 146 Å². The van der Waals surface area contributed by atoms with Crippen molar-refractivity contribution in [1.29, 1.82) is 5.26 Å². The number of hydrogen-bond acceptors (Lipinski definition) is 4. The second kappa shape index (κ2) is 6.33. The number of ether oxygens (including phenoxy) is 1. The maximum absolute atomic E-state index is 9.17. The first kappa shape index (κ1) is 15.3. The average molecular weight is 330 g/mol. The number of hydrogen-bond donors (Lipinski definition) is 1. The molecule has 1 unspecified atom stereocenters. The minimum absolute atomic E-state index is 0.0386. The minimum atomic E-state index is -0.0386. The lowest BCUT2D eigenvalue weighted by Crippen LogP contribution is -2.14. The molecule has 1 aromatic heterocycles. The second-order valence-electron chi connectivity index (χ2n) is 6.12. The predicted molar refractivity (Wildman–Crippen MR) is 96.1 cm³/mol. The summed E-state index contributed by atoms with van der Waals surface area (Å²) in [4.78, 5) is 0. The number of anilines is 1. The van der Waals surface area contributed by atoms with E-state index in [0.717, 1.165) is 35.3 Å². The van der Waals surface area contributed by atoms with Crippen LogP contribution in [0.2, 0.25) is 0 Å². The standard InChI is InChI=1S/C20H18N4O/c21-12-16-13-23-24(20(16)22)18-7-4-10-25-19-9-8-15(11-17(18)19)14-5-2-1-3-6-14/h1-3,5-6,8-9,11,13,18H,4,7,10,22H2. The van der Waals surface area contributed by atoms with Crippen molar-refractivity contribution < 1.29 is 4.74 Å². The second-order valence-corrected chi connectivity index (χ2v) is 6.12. The monoisotopic (exact) mass is 330 g/mol. The van der Waals surface area contributed by atoms with Crippen molar-refractivity contribution in [2.75, 3.05) is 12.3 Å². The summed E-state index contributed by atoms with van der Waals surface area (Å²) in [5.41, 5.74) is 9.88. The lowest BCUT2D eigenvalue weighted by molar-refractivity contribution is 0.315. The Morgan fingerprint density at radius 2 is 2.00 bits per heavy atom. The molecule has 1 aliphatic heterocycles. The summed E-state index contributed by atoms with van der Waals surface area (Å²) in [5.74, 6) is 1.26. The van der Waals surface area contributed by atoms with Gasteiger partial charge in [0.15, 0.2) is 0 Å². The third kappa shape index (κ3) is 2.72. The van der Waals surface area contributed by atoms with E-state index in [1.54, 1.807) is 4.68 Å². The van der Waals surface area contributed by atoms with Gasteiger partial charge >= 0.3 is 0 Å². The topological polar surface area (TPSA) is 76.9 Å². The van der Waals surface area contributed by atoms with Crippen molar-refractivity contribution in [3.63, 3.8) is 0 Å². The summed E-state index contributed by atoms with van der Waals surface area (Å²) in [6.45, 7) is 0.667. The Kier molecular flexibility index (Phi) is 3.87. The van der Waals surface area contributed by atoms with Crippen LogP contribution in [-0.2, 0) is 0 Å². The molecular formula is C20H18N4O. The summed E-state index contributed by atoms with van der Waals surface area (Å²) in [7, 11) is 0. The summed E-state index contributed by atoms with van der Waals surface area (Å²) in [6.07, 6.45) is 3.30. The molecule has 0 spiro atoms. The number of nitrogen functional groups attached to an aromatic ring is 1. The molecule has 25 heavy (non-hydrogen) atoms. The molecule has 4 rings (SSSR count). The fourth-order valence-electron chi connectivity index (χ4n) is 3.33. The number of rotatable bonds is 2. The Morgan fingerprint density at radius 3 is 2.76 bits per heavy atom. The molecule has 0 radical (unpaired) electrons. The van der Waals surface area contributed by atoms with Crippen molar-refractivity contribution in [3.05, 3.63) is 65.9 Å². The van der Waals surface area contributed by atoms with Crippen molar-refractivity contribution in [1.82, 2.24) is 9.78 Å². The first-order valence-corrected chi connectivity index (χ1v) is 8.33. The van der Waals surface area contributed by atoms with Gasteiger partial charge in [-0.2, -0.15) is 10.4 Å². The van der Waals surface area contributed by atoms with Gasteiger partial charge in [0.1, 0.15) is 23.2 Å². The number of nitrogens with zero attached hydrogens (tertiary/aromatic N) is 3. The number of nitrogens with two attached hydrogens (primary N) is 1. The van der Waals surface area contributed by atoms with Gasteiger partial charge < -0.3 is 10.5 Å². The number of fused-ring (bicyclic) bond motifs is 1. The first-order chi connectivity index (χ1) is 12.3. The molecule has 0 fully saturated rings. The highest BCUT2D eigenvalue weighted by molar-refractivity contribution is 5.66. The number of nitriles is 1. The predicted octanol–water partition coefficient (Wildman–Crippen LogP) is 3.77. The van der Waals surface area contributed by atoms with Gasteiger partial charge in [-0.15, -0.1) is 0 Å². The van der Waals surface area contributed by atoms with Crippen LogP contribution in [0.1, 0.15) is 30.0 Å². The highest BCUT2D eigenvalue weighted by atomic mass is 16.5. The molecule has 1 aliphatic rings. The van der Waals surface area contributed by atoms with E-state index in [1.165, 1.54) is 6.20 Å². The average Bonchev–Trinajstić information content (AvgIpc) is 2.90. The van der Waals surface area contributed by atoms with Crippen molar-refractivity contribution in [3.8, 4) is 22.9 Å². The van der Waals surface area contributed by atoms with E-state index < -0.39 is 0 Å². The normalized spacial score (nSPS) is 16.4. The minimum Gasteiger partial charge on any atom is -0.493 e. The molecule has 2 heterocycles. The molecule has 0 amide bonds. The van der Waals surface area contributed by atoms with Gasteiger partial charge in [0.05, 0.1) is 18.8 Å². The molecule has 2 N–H and O–H groups in total. The van der Waals surface area contributed by atoms with Crippen LogP contribution in [0.5, 0.6) is 5.75 Å². The Morgan fingerprint density at radius 1 is 1.16 bits per heavy atom. The van der Waals surface area contributed by atoms with Crippen molar-refractivity contribution in [2.45, 2.75) is 18.9 Å². The van der Waals surface area contributed by atoms with Crippen LogP contribution in [-0.4, -0.2) is 16.4 Å². The molecular weight excluding hydrogens is 312 g/mol. The zero-order valence-corrected chi connectivity index (χ0v) is 13.7. The molecule has 1 atom stereocenters. The van der Waals surface area contributed by atoms with Crippen LogP contribution in [0.15, 0.2) is 54.7 Å². The number of benzene rings is 2. The zero-order chi connectivity index (χ0) is 17.2. The highest BCUT2D eigenvalue weighted by Gasteiger charge is 2.25. The molecule has 5 nitrogen and oxygen atoms in total. The smallest absolute Gasteiger partial charge is 0.140 e. The van der Waals surface area contributed by atoms with Crippen LogP contribution in [0, 0.1) is 11.3 Å². The molecule has 2 aromatic carbocycles. The molecule has 124 valence electrons. The van der Waals surface area contributed by atoms with E-state index >= 15 is 0 Å². The summed E-state index contributed by atoms with van der Waals surface area (Å²) in [5, 5.41) is 13.5. The van der Waals surface area contributed by atoms with Gasteiger partial charge in [-0.25, -0.2) is 4.68 Å². The van der Waals surface area contributed by atoms with E-state index in [9.17, 15) is 0 Å². The van der Waals surface area contributed by atoms with Crippen LogP contribution in [0.3, 0.4) is 0 Å². The summed E-state index contributed by atoms with van der Waals surface area (Å²) in [6, 6.07) is 18.5. The number of aromatic nitrogens is 2. The quantitative estimate of drug-likeness (QED) is 0.776. The maximum atomic E-state index is 9.17. The van der Waals surface area contributed by atoms with E-state index in [-0.39, 0.29) is 6.04 Å². The first-order valence-electron chi connectivity index (χ1n) is 8.33. The van der Waals surface area contributed by atoms with Gasteiger partial charge in [-0.1, -0.05) is 36.4 Å². The van der Waals surface area contributed by atoms with E-state index in [0.29, 0.717) is 18.0 Å². The molecule has 0 bridgehead atoms. The fourth-order valence-corrected chi connectivity index (χ4v) is 3.33. The third-order valence-corrected chi connectivity index (χ3v) is 4.61. The van der Waals surface area contributed by atoms with Gasteiger partial charge in [-0.3, -0.25) is 0 Å². The van der Waals surface area contributed by atoms with Gasteiger partial charge in [0.2, 0.25) is 0 Å². The Balaban J connectivity index is 1.83. The highest BCUT2D eigenvalue weighted by Crippen LogP contribution is 2.38. The molecule has 5 heteroatoms. The van der Waals surface area contributed by atoms with Crippen molar-refractivity contribution >= 4 is 5.82 Å². The third-order valence-electron chi connectivity index (χ3n) is 4.61. The van der Waals surface area contributed by atoms with Crippen LogP contribution in [0.4, 0.5) is 5.82 Å². The Hall–Kier alpha value is -3.26. The van der Waals surface area contributed by atoms with Crippen LogP contribution >= 0.6 is 0 Å². The summed E-state index contributed by atoms with van der Waals surface area (Å²) < 4.78 is 7.67. The Bertz CT molecular complexity index is 940. The maximum Gasteiger partial charge on any atom is 0.140 e. The van der Waals surface area contributed by atoms with Gasteiger partial charge in [0.25, 0.3) is 0 Å².